The molecule has 1 aromatic carbocycles. The molecule has 0 radical (unpaired) electrons. The summed E-state index contributed by atoms with van der Waals surface area (Å²) in [5.41, 5.74) is 3.19. The van der Waals surface area contributed by atoms with Crippen molar-refractivity contribution in [2.24, 2.45) is 5.16 Å². The molecule has 8 nitrogen and oxygen atoms in total. The first-order chi connectivity index (χ1) is 15.0. The zero-order valence-electron chi connectivity index (χ0n) is 16.5. The van der Waals surface area contributed by atoms with Gasteiger partial charge in [-0.3, -0.25) is 4.40 Å². The number of hydrogen-bond acceptors (Lipinski definition) is 5. The third kappa shape index (κ3) is 5.95. The number of ether oxygens (including phenoxy) is 1. The Morgan fingerprint density at radius 1 is 1.26 bits per heavy atom. The minimum absolute atomic E-state index is 0.309. The van der Waals surface area contributed by atoms with Crippen molar-refractivity contribution in [3.63, 3.8) is 0 Å². The van der Waals surface area contributed by atoms with Gasteiger partial charge in [0.1, 0.15) is 12.3 Å². The Balaban J connectivity index is 1.73. The normalized spacial score (nSPS) is 12.4. The minimum Gasteiger partial charge on any atom is -0.393 e. The number of carbonyl (C=O) groups is 1. The summed E-state index contributed by atoms with van der Waals surface area (Å²) in [5.74, 6) is 0. The first-order valence-electron chi connectivity index (χ1n) is 9.19. The van der Waals surface area contributed by atoms with Crippen molar-refractivity contribution in [1.82, 2.24) is 14.7 Å². The lowest BCUT2D eigenvalue weighted by Crippen LogP contribution is -2.39. The minimum atomic E-state index is -3.30. The number of aromatic nitrogens is 2. The van der Waals surface area contributed by atoms with E-state index >= 15 is 0 Å². The number of nitrogens with zero attached hydrogens (tertiary/aromatic N) is 3. The summed E-state index contributed by atoms with van der Waals surface area (Å²) < 4.78 is 44.1. The molecule has 0 saturated carbocycles. The number of halogens is 3. The van der Waals surface area contributed by atoms with Crippen molar-refractivity contribution >= 4 is 23.6 Å². The Kier molecular flexibility index (Phi) is 7.44. The van der Waals surface area contributed by atoms with Gasteiger partial charge in [0.2, 0.25) is 6.30 Å². The van der Waals surface area contributed by atoms with E-state index in [0.717, 1.165) is 11.3 Å². The van der Waals surface area contributed by atoms with E-state index < -0.39 is 18.8 Å². The van der Waals surface area contributed by atoms with Crippen LogP contribution in [0.2, 0.25) is 0 Å². The number of oxime groups is 1. The molecule has 2 heterocycles. The van der Waals surface area contributed by atoms with Crippen LogP contribution < -0.4 is 10.6 Å². The van der Waals surface area contributed by atoms with Gasteiger partial charge >= 0.3 is 6.03 Å². The van der Waals surface area contributed by atoms with Gasteiger partial charge in [-0.1, -0.05) is 17.3 Å². The number of nitrogens with one attached hydrogen (secondary N) is 2. The lowest BCUT2D eigenvalue weighted by Gasteiger charge is -2.11. The number of pyridine rings is 1. The summed E-state index contributed by atoms with van der Waals surface area (Å²) in [6.45, 7) is 0.787. The molecule has 0 aliphatic carbocycles. The zero-order valence-corrected chi connectivity index (χ0v) is 16.5. The van der Waals surface area contributed by atoms with Gasteiger partial charge in [0.05, 0.1) is 24.7 Å². The van der Waals surface area contributed by atoms with Crippen molar-refractivity contribution in [2.45, 2.75) is 12.7 Å². The second-order valence-corrected chi connectivity index (χ2v) is 6.31. The highest BCUT2D eigenvalue weighted by Crippen LogP contribution is 2.24. The number of alkyl halides is 3. The topological polar surface area (TPSA) is 89.3 Å². The lowest BCUT2D eigenvalue weighted by molar-refractivity contribution is 0.0380. The third-order valence-electron chi connectivity index (χ3n) is 4.10. The number of amides is 2. The van der Waals surface area contributed by atoms with Gasteiger partial charge in [-0.15, -0.1) is 0 Å². The van der Waals surface area contributed by atoms with E-state index in [9.17, 15) is 18.0 Å². The van der Waals surface area contributed by atoms with E-state index in [1.54, 1.807) is 50.0 Å². The Labute approximate surface area is 175 Å². The number of hydrogen-bond donors (Lipinski definition) is 2. The molecule has 0 fully saturated rings. The average Bonchev–Trinajstić information content (AvgIpc) is 3.17. The third-order valence-corrected chi connectivity index (χ3v) is 4.10. The van der Waals surface area contributed by atoms with Crippen LogP contribution in [-0.4, -0.2) is 54.7 Å². The Bertz CT molecular complexity index is 1060. The van der Waals surface area contributed by atoms with Gasteiger partial charge in [0.25, 0.3) is 6.43 Å². The summed E-state index contributed by atoms with van der Waals surface area (Å²) in [4.78, 5) is 21.1. The highest BCUT2D eigenvalue weighted by Gasteiger charge is 2.21. The van der Waals surface area contributed by atoms with Gasteiger partial charge < -0.3 is 20.2 Å². The zero-order chi connectivity index (χ0) is 22.2. The maximum Gasteiger partial charge on any atom is 0.321 e. The fraction of sp³-hybridized carbons (Fsp3) is 0.250. The van der Waals surface area contributed by atoms with Crippen molar-refractivity contribution < 1.29 is 27.5 Å². The van der Waals surface area contributed by atoms with Crippen molar-refractivity contribution in [2.75, 3.05) is 25.6 Å². The molecule has 0 aliphatic rings. The summed E-state index contributed by atoms with van der Waals surface area (Å²) >= 11 is 0. The van der Waals surface area contributed by atoms with Gasteiger partial charge in [-0.25, -0.2) is 22.9 Å². The molecule has 2 N–H and O–H groups in total. The molecular weight excluding hydrogens is 415 g/mol. The summed E-state index contributed by atoms with van der Waals surface area (Å²) in [6, 6.07) is 9.21. The Hall–Kier alpha value is -3.60. The van der Waals surface area contributed by atoms with Crippen LogP contribution >= 0.6 is 0 Å². The fourth-order valence-electron chi connectivity index (χ4n) is 2.67. The number of anilines is 1. The van der Waals surface area contributed by atoms with Crippen molar-refractivity contribution in [1.29, 1.82) is 0 Å². The molecular formula is C20H20F3N5O3. The van der Waals surface area contributed by atoms with Crippen LogP contribution in [0.1, 0.15) is 5.56 Å². The first-order valence-corrected chi connectivity index (χ1v) is 9.19. The fourth-order valence-corrected chi connectivity index (χ4v) is 2.67. The predicted octanol–water partition coefficient (Wildman–Crippen LogP) is 3.68. The number of rotatable bonds is 9. The molecule has 1 atom stereocenters. The van der Waals surface area contributed by atoms with Gasteiger partial charge in [0, 0.05) is 30.1 Å². The SMILES string of the molecule is COCCON=Cc1ccn2c(-c3cccc(NC(=O)NC(F)C(F)F)c3)cnc2c1. The monoisotopic (exact) mass is 435 g/mol. The molecule has 2 amide bonds. The number of methoxy groups -OCH3 is 1. The predicted molar refractivity (Wildman–Crippen MR) is 109 cm³/mol. The molecule has 3 aromatic rings. The van der Waals surface area contributed by atoms with E-state index in [1.807, 2.05) is 16.5 Å². The lowest BCUT2D eigenvalue weighted by atomic mass is 10.1. The summed E-state index contributed by atoms with van der Waals surface area (Å²) in [7, 11) is 1.57. The second kappa shape index (κ2) is 10.4. The largest absolute Gasteiger partial charge is 0.393 e. The first kappa shape index (κ1) is 22.1. The van der Waals surface area contributed by atoms with Crippen LogP contribution in [0.15, 0.2) is 53.9 Å². The molecule has 1 unspecified atom stereocenters. The molecule has 0 saturated heterocycles. The van der Waals surface area contributed by atoms with Crippen LogP contribution in [0.25, 0.3) is 16.9 Å². The smallest absolute Gasteiger partial charge is 0.321 e. The van der Waals surface area contributed by atoms with Gasteiger partial charge in [-0.05, 0) is 24.3 Å². The molecule has 11 heteroatoms. The Morgan fingerprint density at radius 2 is 2.10 bits per heavy atom. The van der Waals surface area contributed by atoms with Crippen LogP contribution in [0.4, 0.5) is 23.7 Å². The number of imidazole rings is 1. The highest BCUT2D eigenvalue weighted by atomic mass is 19.3. The van der Waals surface area contributed by atoms with Crippen LogP contribution in [0.3, 0.4) is 0 Å². The number of urea groups is 1. The quantitative estimate of drug-likeness (QED) is 0.232. The maximum absolute atomic E-state index is 13.0. The van der Waals surface area contributed by atoms with Gasteiger partial charge in [-0.2, -0.15) is 0 Å². The molecule has 0 bridgehead atoms. The molecule has 0 aliphatic heterocycles. The van der Waals surface area contributed by atoms with E-state index in [4.69, 9.17) is 9.57 Å². The number of benzene rings is 1. The van der Waals surface area contributed by atoms with Crippen molar-refractivity contribution in [3.8, 4) is 11.3 Å². The molecule has 31 heavy (non-hydrogen) atoms. The average molecular weight is 435 g/mol. The van der Waals surface area contributed by atoms with Crippen molar-refractivity contribution in [3.05, 3.63) is 54.4 Å². The van der Waals surface area contributed by atoms with Gasteiger partial charge in [0.15, 0.2) is 0 Å². The second-order valence-electron chi connectivity index (χ2n) is 6.31. The van der Waals surface area contributed by atoms with Crippen LogP contribution in [0, 0.1) is 0 Å². The Morgan fingerprint density at radius 3 is 2.87 bits per heavy atom. The maximum atomic E-state index is 13.0. The molecule has 164 valence electrons. The highest BCUT2D eigenvalue weighted by molar-refractivity contribution is 5.90. The number of fused-ring (bicyclic) bond motifs is 1. The van der Waals surface area contributed by atoms with E-state index in [1.165, 1.54) is 5.32 Å². The molecule has 0 spiro atoms. The van der Waals surface area contributed by atoms with E-state index in [-0.39, 0.29) is 0 Å². The van der Waals surface area contributed by atoms with E-state index in [0.29, 0.717) is 30.1 Å². The molecule has 3 rings (SSSR count). The van der Waals surface area contributed by atoms with Crippen LogP contribution in [-0.2, 0) is 9.57 Å². The number of carbonyl (C=O) groups excluding carboxylic acids is 1. The standard InChI is InChI=1S/C20H20F3N5O3/c1-30-7-8-31-25-11-13-5-6-28-16(12-24-17(28)9-13)14-3-2-4-15(10-14)26-20(29)27-19(23)18(21)22/h2-6,9-12,18-19H,7-8H2,1H3,(H2,26,27,29). The van der Waals surface area contributed by atoms with E-state index in [2.05, 4.69) is 15.5 Å². The molecule has 2 aromatic heterocycles. The van der Waals surface area contributed by atoms with Crippen LogP contribution in [0.5, 0.6) is 0 Å². The summed E-state index contributed by atoms with van der Waals surface area (Å²) in [5, 5.41) is 7.72. The summed E-state index contributed by atoms with van der Waals surface area (Å²) in [6.07, 6.45) is -1.03.